The Hall–Kier alpha value is -6.12. The van der Waals surface area contributed by atoms with Crippen molar-refractivity contribution in [2.24, 2.45) is 0 Å². The first-order valence-electron chi connectivity index (χ1n) is 22.0. The number of halogens is 14. The van der Waals surface area contributed by atoms with Gasteiger partial charge < -0.3 is 0 Å². The summed E-state index contributed by atoms with van der Waals surface area (Å²) in [5.74, 6) is -16.4. The minimum Gasteiger partial charge on any atom is -0.204 e. The van der Waals surface area contributed by atoms with Gasteiger partial charge in [0.15, 0.2) is 69.8 Å². The summed E-state index contributed by atoms with van der Waals surface area (Å²) >= 11 is 6.97. The van der Waals surface area contributed by atoms with Crippen molar-refractivity contribution < 1.29 is 52.7 Å². The fraction of sp³-hybridized carbons (Fsp3) is 0.158. The van der Waals surface area contributed by atoms with E-state index < -0.39 is 69.8 Å². The summed E-state index contributed by atoms with van der Waals surface area (Å²) in [6.07, 6.45) is 1.81. The monoisotopic (exact) mass is 1110 g/mol. The third kappa shape index (κ3) is 9.57. The highest BCUT2D eigenvalue weighted by Gasteiger charge is 2.27. The Labute approximate surface area is 418 Å². The molecule has 14 heteroatoms. The molecule has 0 unspecified atom stereocenters. The van der Waals surface area contributed by atoms with Crippen molar-refractivity contribution in [2.45, 2.75) is 57.6 Å². The van der Waals surface area contributed by atoms with Gasteiger partial charge in [-0.1, -0.05) is 80.4 Å². The molecule has 364 valence electrons. The highest BCUT2D eigenvalue weighted by molar-refractivity contribution is 9.08. The molecule has 0 N–H and O–H groups in total. The zero-order valence-electron chi connectivity index (χ0n) is 38.1. The Balaban J connectivity index is 0.000000190. The fourth-order valence-electron chi connectivity index (χ4n) is 9.62. The lowest BCUT2D eigenvalue weighted by Gasteiger charge is -2.22. The SMILES string of the molecule is Cc1ccc(-c2cc(F)c(F)c(F)c2)c(CBr)c1-c1c(C)ccc(-c2cc(F)c(F)c(F)c2)c1CBr.Cc1ccc(-c2cc(F)c(F)c(F)c2)c2c1-c1c(C)ccc(-c3cc(F)c(F)c(F)c3)c1CCC2. The lowest BCUT2D eigenvalue weighted by atomic mass is 9.83. The topological polar surface area (TPSA) is 0 Å². The summed E-state index contributed by atoms with van der Waals surface area (Å²) in [6, 6.07) is 21.9. The van der Waals surface area contributed by atoms with Crippen LogP contribution in [0.4, 0.5) is 52.7 Å². The van der Waals surface area contributed by atoms with E-state index in [1.54, 1.807) is 36.4 Å². The highest BCUT2D eigenvalue weighted by Crippen LogP contribution is 2.46. The second-order valence-electron chi connectivity index (χ2n) is 17.3. The number of aryl methyl sites for hydroxylation is 4. The predicted octanol–water partition coefficient (Wildman–Crippen LogP) is 18.6. The molecule has 0 atom stereocenters. The number of hydrogen-bond acceptors (Lipinski definition) is 0. The Kier molecular flexibility index (Phi) is 14.8. The molecule has 0 heterocycles. The summed E-state index contributed by atoms with van der Waals surface area (Å²) in [6.45, 7) is 7.59. The van der Waals surface area contributed by atoms with Crippen LogP contribution in [-0.2, 0) is 23.5 Å². The van der Waals surface area contributed by atoms with Crippen LogP contribution in [0.15, 0.2) is 97.1 Å². The first kappa shape index (κ1) is 51.2. The van der Waals surface area contributed by atoms with Gasteiger partial charge in [0.1, 0.15) is 0 Å². The fourth-order valence-corrected chi connectivity index (χ4v) is 10.8. The van der Waals surface area contributed by atoms with Gasteiger partial charge in [0.05, 0.1) is 0 Å². The number of fused-ring (bicyclic) bond motifs is 3. The van der Waals surface area contributed by atoms with Crippen LogP contribution in [0.2, 0.25) is 0 Å². The van der Waals surface area contributed by atoms with Crippen LogP contribution in [0.5, 0.6) is 0 Å². The van der Waals surface area contributed by atoms with Crippen LogP contribution < -0.4 is 0 Å². The van der Waals surface area contributed by atoms with E-state index in [2.05, 4.69) is 31.9 Å². The van der Waals surface area contributed by atoms with Crippen LogP contribution in [0, 0.1) is 97.5 Å². The quantitative estimate of drug-likeness (QED) is 0.0848. The van der Waals surface area contributed by atoms with Crippen LogP contribution >= 0.6 is 31.9 Å². The smallest absolute Gasteiger partial charge is 0.194 e. The average Bonchev–Trinajstić information content (AvgIpc) is 3.55. The first-order valence-corrected chi connectivity index (χ1v) is 24.2. The first-order chi connectivity index (χ1) is 33.7. The molecular weight excluding hydrogens is 1070 g/mol. The zero-order valence-corrected chi connectivity index (χ0v) is 41.2. The minimum absolute atomic E-state index is 0.166. The number of rotatable bonds is 7. The molecule has 1 aliphatic rings. The molecule has 0 aromatic heterocycles. The second kappa shape index (κ2) is 20.5. The summed E-state index contributed by atoms with van der Waals surface area (Å²) in [4.78, 5) is 0. The van der Waals surface area contributed by atoms with E-state index in [-0.39, 0.29) is 22.3 Å². The number of benzene rings is 8. The molecule has 0 saturated carbocycles. The zero-order chi connectivity index (χ0) is 51.3. The lowest BCUT2D eigenvalue weighted by Crippen LogP contribution is -2.02. The van der Waals surface area contributed by atoms with E-state index in [0.717, 1.165) is 104 Å². The largest absolute Gasteiger partial charge is 0.204 e. The van der Waals surface area contributed by atoms with Crippen molar-refractivity contribution in [2.75, 3.05) is 0 Å². The summed E-state index contributed by atoms with van der Waals surface area (Å²) in [5, 5.41) is 0.594. The molecule has 0 nitrogen and oxygen atoms in total. The highest BCUT2D eigenvalue weighted by atomic mass is 79.9. The number of alkyl halides is 2. The molecule has 0 saturated heterocycles. The third-order valence-corrected chi connectivity index (χ3v) is 14.0. The van der Waals surface area contributed by atoms with Crippen molar-refractivity contribution in [1.29, 1.82) is 0 Å². The van der Waals surface area contributed by atoms with Crippen molar-refractivity contribution in [3.63, 3.8) is 0 Å². The van der Waals surface area contributed by atoms with E-state index in [1.807, 2.05) is 39.8 Å². The van der Waals surface area contributed by atoms with E-state index >= 15 is 0 Å². The van der Waals surface area contributed by atoms with E-state index in [4.69, 9.17) is 0 Å². The third-order valence-electron chi connectivity index (χ3n) is 12.9. The van der Waals surface area contributed by atoms with Crippen LogP contribution in [0.25, 0.3) is 66.8 Å². The molecule has 8 aromatic carbocycles. The molecule has 0 aliphatic heterocycles. The van der Waals surface area contributed by atoms with E-state index in [1.165, 1.54) is 0 Å². The lowest BCUT2D eigenvalue weighted by molar-refractivity contribution is 0.447. The Morgan fingerprint density at radius 3 is 0.803 bits per heavy atom. The molecule has 0 amide bonds. The van der Waals surface area contributed by atoms with Gasteiger partial charge in [-0.05, 0) is 207 Å². The Morgan fingerprint density at radius 2 is 0.549 bits per heavy atom. The van der Waals surface area contributed by atoms with Crippen LogP contribution in [-0.4, -0.2) is 0 Å². The van der Waals surface area contributed by atoms with Gasteiger partial charge in [-0.2, -0.15) is 0 Å². The van der Waals surface area contributed by atoms with Crippen molar-refractivity contribution >= 4 is 31.9 Å². The molecule has 71 heavy (non-hydrogen) atoms. The Morgan fingerprint density at radius 1 is 0.324 bits per heavy atom. The van der Waals surface area contributed by atoms with Gasteiger partial charge >= 0.3 is 0 Å². The van der Waals surface area contributed by atoms with Crippen LogP contribution in [0.1, 0.15) is 50.9 Å². The summed E-state index contributed by atoms with van der Waals surface area (Å²) < 4.78 is 167. The molecular formula is C57H38Br2F12. The Bertz CT molecular complexity index is 3140. The predicted molar refractivity (Wildman–Crippen MR) is 261 cm³/mol. The van der Waals surface area contributed by atoms with Crippen molar-refractivity contribution in [1.82, 2.24) is 0 Å². The molecule has 8 aromatic rings. The maximum Gasteiger partial charge on any atom is 0.194 e. The molecule has 9 rings (SSSR count). The molecule has 0 radical (unpaired) electrons. The van der Waals surface area contributed by atoms with Gasteiger partial charge in [-0.25, -0.2) is 52.7 Å². The summed E-state index contributed by atoms with van der Waals surface area (Å²) in [5.41, 5.74) is 12.9. The van der Waals surface area contributed by atoms with Gasteiger partial charge in [-0.15, -0.1) is 0 Å². The molecule has 0 spiro atoms. The minimum atomic E-state index is -1.55. The molecule has 0 bridgehead atoms. The summed E-state index contributed by atoms with van der Waals surface area (Å²) in [7, 11) is 0. The van der Waals surface area contributed by atoms with E-state index in [9.17, 15) is 52.7 Å². The van der Waals surface area contributed by atoms with Crippen molar-refractivity contribution in [3.05, 3.63) is 211 Å². The van der Waals surface area contributed by atoms with Gasteiger partial charge in [-0.3, -0.25) is 0 Å². The van der Waals surface area contributed by atoms with Crippen molar-refractivity contribution in [3.8, 4) is 66.8 Å². The number of hydrogen-bond donors (Lipinski definition) is 0. The van der Waals surface area contributed by atoms with Gasteiger partial charge in [0.2, 0.25) is 0 Å². The van der Waals surface area contributed by atoms with Gasteiger partial charge in [0.25, 0.3) is 0 Å². The van der Waals surface area contributed by atoms with E-state index in [0.29, 0.717) is 63.3 Å². The molecule has 1 aliphatic carbocycles. The molecule has 0 fully saturated rings. The second-order valence-corrected chi connectivity index (χ2v) is 18.4. The average molecular weight is 1110 g/mol. The maximum atomic E-state index is 14.1. The standard InChI is InChI=1S/C29H20F6.C28H18Br2F6/c1-14-6-8-18(16-10-22(30)28(34)23(31)11-16)20-4-3-5-21-19(9-7-15(2)27(21)26(14)20)17-12-24(32)29(35)25(33)13-17;1-13-3-5-17(15-7-21(31)27(35)22(32)8-15)19(11-29)25(13)26-14(2)4-6-18(20(26)12-30)16-9-23(33)28(36)24(34)10-16/h6-13H,3-5H2,1-2H3;3-10H,11-12H2,1-2H3. The van der Waals surface area contributed by atoms with Gasteiger partial charge in [0, 0.05) is 10.7 Å². The van der Waals surface area contributed by atoms with Crippen LogP contribution in [0.3, 0.4) is 0 Å². The maximum absolute atomic E-state index is 14.1. The normalized spacial score (nSPS) is 12.0.